The van der Waals surface area contributed by atoms with E-state index >= 15 is 0 Å². The third-order valence-electron chi connectivity index (χ3n) is 10.3. The number of sulfonamides is 2. The van der Waals surface area contributed by atoms with E-state index in [4.69, 9.17) is 5.14 Å². The third-order valence-corrected chi connectivity index (χ3v) is 13.4. The number of nitrogens with one attached hydrogen (secondary N) is 2. The van der Waals surface area contributed by atoms with E-state index in [1.54, 1.807) is 11.8 Å². The standard InChI is InChI=1S/C32H59F2N5O7S2/c1-4-12-38(13-5-2)32(42)24-17-23(18-28(19-24)47(35,43)44)31(41)36-29(16-22-14-25(33)20-26(34)15-22)30(40)21-39(6-3)37-48(45,46)27-10-8-7-9-11-27/h22-30,37,40H,4-21H2,1-3H3,(H,36,41)(H2,35,43,44). The Morgan fingerprint density at radius 1 is 0.854 bits per heavy atom. The van der Waals surface area contributed by atoms with Gasteiger partial charge in [0.25, 0.3) is 0 Å². The fourth-order valence-electron chi connectivity index (χ4n) is 7.75. The number of aliphatic hydroxyl groups excluding tert-OH is 1. The van der Waals surface area contributed by atoms with Gasteiger partial charge in [0, 0.05) is 44.4 Å². The summed E-state index contributed by atoms with van der Waals surface area (Å²) in [6, 6.07) is -1.02. The zero-order chi connectivity index (χ0) is 35.6. The number of likely N-dealkylation sites (N-methyl/N-ethyl adjacent to an activating group) is 1. The minimum absolute atomic E-state index is 0.00186. The zero-order valence-electron chi connectivity index (χ0n) is 28.9. The normalized spacial score (nSPS) is 28.9. The number of aliphatic hydroxyl groups is 1. The predicted octanol–water partition coefficient (Wildman–Crippen LogP) is 2.91. The number of nitrogens with two attached hydrogens (primary N) is 1. The quantitative estimate of drug-likeness (QED) is 0.165. The highest BCUT2D eigenvalue weighted by atomic mass is 32.2. The van der Waals surface area contributed by atoms with Crippen LogP contribution in [0.3, 0.4) is 0 Å². The van der Waals surface area contributed by atoms with E-state index in [2.05, 4.69) is 10.1 Å². The van der Waals surface area contributed by atoms with Crippen LogP contribution in [-0.2, 0) is 29.6 Å². The zero-order valence-corrected chi connectivity index (χ0v) is 30.5. The molecule has 7 unspecified atom stereocenters. The van der Waals surface area contributed by atoms with Crippen LogP contribution in [0.1, 0.15) is 111 Å². The van der Waals surface area contributed by atoms with Gasteiger partial charge in [0.15, 0.2) is 0 Å². The second-order valence-electron chi connectivity index (χ2n) is 14.3. The van der Waals surface area contributed by atoms with Crippen LogP contribution in [0.4, 0.5) is 8.78 Å². The summed E-state index contributed by atoms with van der Waals surface area (Å²) >= 11 is 0. The molecule has 0 aromatic rings. The van der Waals surface area contributed by atoms with Crippen molar-refractivity contribution >= 4 is 31.9 Å². The Balaban J connectivity index is 1.82. The van der Waals surface area contributed by atoms with Crippen LogP contribution < -0.4 is 15.3 Å². The van der Waals surface area contributed by atoms with Crippen molar-refractivity contribution in [2.75, 3.05) is 26.2 Å². The topological polar surface area (TPSA) is 179 Å². The van der Waals surface area contributed by atoms with Gasteiger partial charge in [-0.1, -0.05) is 40.0 Å². The summed E-state index contributed by atoms with van der Waals surface area (Å²) in [5.41, 5.74) is 0. The number of alkyl halides is 2. The lowest BCUT2D eigenvalue weighted by molar-refractivity contribution is -0.138. The molecule has 0 saturated heterocycles. The van der Waals surface area contributed by atoms with Crippen LogP contribution in [0.25, 0.3) is 0 Å². The Kier molecular flexibility index (Phi) is 15.9. The van der Waals surface area contributed by atoms with E-state index in [-0.39, 0.29) is 63.9 Å². The van der Waals surface area contributed by atoms with Gasteiger partial charge < -0.3 is 15.3 Å². The first-order valence-electron chi connectivity index (χ1n) is 17.9. The number of nitrogens with zero attached hydrogens (tertiary/aromatic N) is 2. The third kappa shape index (κ3) is 12.1. The van der Waals surface area contributed by atoms with Crippen LogP contribution in [0.5, 0.6) is 0 Å². The summed E-state index contributed by atoms with van der Waals surface area (Å²) in [6.07, 6.45) is 1.01. The lowest BCUT2D eigenvalue weighted by Crippen LogP contribution is -2.55. The molecule has 0 heterocycles. The molecular formula is C32H59F2N5O7S2. The summed E-state index contributed by atoms with van der Waals surface area (Å²) in [7, 11) is -7.81. The van der Waals surface area contributed by atoms with Crippen molar-refractivity contribution in [3.63, 3.8) is 0 Å². The average molecular weight is 728 g/mol. The molecule has 5 N–H and O–H groups in total. The van der Waals surface area contributed by atoms with E-state index < -0.39 is 78.7 Å². The summed E-state index contributed by atoms with van der Waals surface area (Å²) in [5, 5.41) is 19.6. The van der Waals surface area contributed by atoms with Crippen LogP contribution in [-0.4, -0.2) is 105 Å². The van der Waals surface area contributed by atoms with Gasteiger partial charge in [0.1, 0.15) is 12.3 Å². The number of amides is 2. The van der Waals surface area contributed by atoms with E-state index in [0.29, 0.717) is 38.8 Å². The molecule has 0 aliphatic heterocycles. The fourth-order valence-corrected chi connectivity index (χ4v) is 10.4. The predicted molar refractivity (Wildman–Crippen MR) is 181 cm³/mol. The maximum Gasteiger partial charge on any atom is 0.227 e. The maximum atomic E-state index is 14.4. The number of hydrogen-bond acceptors (Lipinski definition) is 8. The molecule has 3 saturated carbocycles. The van der Waals surface area contributed by atoms with Crippen LogP contribution in [0, 0.1) is 17.8 Å². The number of rotatable bonds is 17. The SMILES string of the molecule is CCCN(CCC)C(=O)C1CC(C(=O)NC(CC2CC(F)CC(F)C2)C(O)CN(CC)NS(=O)(=O)C2CCCCC2)CC(S(N)(=O)=O)C1. The molecule has 16 heteroatoms. The van der Waals surface area contributed by atoms with Crippen LogP contribution in [0.15, 0.2) is 0 Å². The van der Waals surface area contributed by atoms with Gasteiger partial charge in [-0.05, 0) is 70.1 Å². The first-order valence-corrected chi connectivity index (χ1v) is 21.1. The van der Waals surface area contributed by atoms with Crippen molar-refractivity contribution in [1.82, 2.24) is 20.1 Å². The Hall–Kier alpha value is -1.46. The Morgan fingerprint density at radius 3 is 1.98 bits per heavy atom. The number of hydrogen-bond donors (Lipinski definition) is 4. The number of carbonyl (C=O) groups excluding carboxylic acids is 2. The molecule has 280 valence electrons. The van der Waals surface area contributed by atoms with Crippen LogP contribution in [0.2, 0.25) is 0 Å². The first kappa shape index (κ1) is 41.0. The van der Waals surface area contributed by atoms with Crippen molar-refractivity contribution < 1.29 is 40.3 Å². The van der Waals surface area contributed by atoms with Crippen molar-refractivity contribution in [2.45, 2.75) is 146 Å². The number of carbonyl (C=O) groups is 2. The molecule has 3 aliphatic rings. The molecule has 0 aromatic heterocycles. The van der Waals surface area contributed by atoms with E-state index in [0.717, 1.165) is 19.3 Å². The number of halogens is 2. The fraction of sp³-hybridized carbons (Fsp3) is 0.938. The number of primary sulfonamides is 1. The van der Waals surface area contributed by atoms with Gasteiger partial charge in [0.2, 0.25) is 31.9 Å². The minimum Gasteiger partial charge on any atom is -0.390 e. The molecule has 3 rings (SSSR count). The van der Waals surface area contributed by atoms with Gasteiger partial charge in [-0.2, -0.15) is 0 Å². The van der Waals surface area contributed by atoms with Gasteiger partial charge in [0.05, 0.1) is 22.6 Å². The molecule has 0 aromatic carbocycles. The van der Waals surface area contributed by atoms with Crippen LogP contribution >= 0.6 is 0 Å². The van der Waals surface area contributed by atoms with Gasteiger partial charge >= 0.3 is 0 Å². The molecule has 0 bridgehead atoms. The molecule has 0 spiro atoms. The molecule has 12 nitrogen and oxygen atoms in total. The van der Waals surface area contributed by atoms with Crippen molar-refractivity contribution in [3.05, 3.63) is 0 Å². The van der Waals surface area contributed by atoms with E-state index in [1.807, 2.05) is 13.8 Å². The van der Waals surface area contributed by atoms with E-state index in [1.165, 1.54) is 5.01 Å². The van der Waals surface area contributed by atoms with Gasteiger partial charge in [-0.15, -0.1) is 4.83 Å². The lowest BCUT2D eigenvalue weighted by Gasteiger charge is -2.37. The second kappa shape index (κ2) is 18.7. The van der Waals surface area contributed by atoms with E-state index in [9.17, 15) is 40.3 Å². The Bertz CT molecular complexity index is 1240. The Labute approximate surface area is 286 Å². The summed E-state index contributed by atoms with van der Waals surface area (Å²) in [5.74, 6) is -2.97. The van der Waals surface area contributed by atoms with Crippen molar-refractivity contribution in [3.8, 4) is 0 Å². The van der Waals surface area contributed by atoms with Crippen molar-refractivity contribution in [2.24, 2.45) is 22.9 Å². The largest absolute Gasteiger partial charge is 0.390 e. The average Bonchev–Trinajstić information content (AvgIpc) is 3.02. The molecule has 2 amide bonds. The molecule has 3 fully saturated rings. The smallest absolute Gasteiger partial charge is 0.227 e. The second-order valence-corrected chi connectivity index (χ2v) is 18.0. The minimum atomic E-state index is -4.09. The lowest BCUT2D eigenvalue weighted by atomic mass is 9.79. The highest BCUT2D eigenvalue weighted by molar-refractivity contribution is 7.90. The Morgan fingerprint density at radius 2 is 1.44 bits per heavy atom. The highest BCUT2D eigenvalue weighted by Gasteiger charge is 2.43. The first-order chi connectivity index (χ1) is 22.6. The molecule has 3 aliphatic carbocycles. The summed E-state index contributed by atoms with van der Waals surface area (Å²) in [4.78, 5) is 31.7. The molecule has 0 radical (unpaired) electrons. The van der Waals surface area contributed by atoms with Crippen molar-refractivity contribution in [1.29, 1.82) is 0 Å². The maximum absolute atomic E-state index is 14.4. The molecule has 7 atom stereocenters. The monoisotopic (exact) mass is 727 g/mol. The van der Waals surface area contributed by atoms with Gasteiger partial charge in [-0.3, -0.25) is 9.59 Å². The summed E-state index contributed by atoms with van der Waals surface area (Å²) < 4.78 is 80.1. The molecular weight excluding hydrogens is 669 g/mol. The molecule has 48 heavy (non-hydrogen) atoms. The van der Waals surface area contributed by atoms with Gasteiger partial charge in [-0.25, -0.2) is 35.8 Å². The highest BCUT2D eigenvalue weighted by Crippen LogP contribution is 2.35. The number of hydrazine groups is 1. The summed E-state index contributed by atoms with van der Waals surface area (Å²) in [6.45, 7) is 6.61.